The van der Waals surface area contributed by atoms with Gasteiger partial charge >= 0.3 is 6.01 Å². The van der Waals surface area contributed by atoms with Gasteiger partial charge in [0, 0.05) is 18.6 Å². The van der Waals surface area contributed by atoms with E-state index in [4.69, 9.17) is 16.3 Å². The summed E-state index contributed by atoms with van der Waals surface area (Å²) in [5.41, 5.74) is 8.41. The lowest BCUT2D eigenvalue weighted by Crippen LogP contribution is -2.27. The number of nitrogens with two attached hydrogens (primary N) is 2. The van der Waals surface area contributed by atoms with E-state index in [1.165, 1.54) is 17.3 Å². The summed E-state index contributed by atoms with van der Waals surface area (Å²) in [7, 11) is 0. The lowest BCUT2D eigenvalue weighted by atomic mass is 10.2. The zero-order chi connectivity index (χ0) is 16.8. The van der Waals surface area contributed by atoms with Crippen molar-refractivity contribution in [3.8, 4) is 6.01 Å². The molecule has 0 bridgehead atoms. The van der Waals surface area contributed by atoms with Crippen molar-refractivity contribution in [3.05, 3.63) is 59.4 Å². The van der Waals surface area contributed by atoms with Crippen LogP contribution in [0.5, 0.6) is 6.01 Å². The van der Waals surface area contributed by atoms with E-state index >= 15 is 0 Å². The summed E-state index contributed by atoms with van der Waals surface area (Å²) in [6, 6.07) is 4.81. The molecule has 0 aliphatic rings. The number of aromatic nitrogens is 2. The highest BCUT2D eigenvalue weighted by Crippen LogP contribution is 2.16. The highest BCUT2D eigenvalue weighted by atomic mass is 19.1. The Morgan fingerprint density at radius 2 is 2.04 bits per heavy atom. The molecule has 0 aliphatic heterocycles. The predicted octanol–water partition coefficient (Wildman–Crippen LogP) is 2.05. The molecule has 0 radical (unpaired) electrons. The summed E-state index contributed by atoms with van der Waals surface area (Å²) in [5.74, 6) is 5.61. The van der Waals surface area contributed by atoms with E-state index in [9.17, 15) is 4.39 Å². The summed E-state index contributed by atoms with van der Waals surface area (Å²) in [4.78, 5) is 8.15. The first-order chi connectivity index (χ1) is 11.0. The van der Waals surface area contributed by atoms with Crippen LogP contribution < -0.4 is 21.3 Å². The zero-order valence-electron chi connectivity index (χ0n) is 13.2. The van der Waals surface area contributed by atoms with Crippen LogP contribution in [-0.2, 0) is 6.42 Å². The number of benzene rings is 1. The van der Waals surface area contributed by atoms with Crippen LogP contribution in [0.4, 0.5) is 10.1 Å². The van der Waals surface area contributed by atoms with Gasteiger partial charge in [-0.2, -0.15) is 0 Å². The molecule has 7 heteroatoms. The van der Waals surface area contributed by atoms with Gasteiger partial charge in [0.1, 0.15) is 12.4 Å². The van der Waals surface area contributed by atoms with Crippen molar-refractivity contribution < 1.29 is 9.13 Å². The molecule has 1 aromatic carbocycles. The third-order valence-electron chi connectivity index (χ3n) is 3.20. The van der Waals surface area contributed by atoms with Gasteiger partial charge in [-0.15, -0.1) is 0 Å². The first-order valence-electron chi connectivity index (χ1n) is 7.19. The number of anilines is 1. The molecule has 0 saturated heterocycles. The largest absolute Gasteiger partial charge is 0.457 e. The van der Waals surface area contributed by atoms with Crippen LogP contribution in [0.3, 0.4) is 0 Å². The molecule has 0 amide bonds. The van der Waals surface area contributed by atoms with Crippen molar-refractivity contribution in [2.45, 2.75) is 20.3 Å². The zero-order valence-corrected chi connectivity index (χ0v) is 13.2. The van der Waals surface area contributed by atoms with E-state index in [1.54, 1.807) is 31.5 Å². The van der Waals surface area contributed by atoms with Crippen LogP contribution in [-0.4, -0.2) is 16.6 Å². The van der Waals surface area contributed by atoms with E-state index in [0.717, 1.165) is 12.0 Å². The molecule has 0 saturated carbocycles. The molecule has 0 aliphatic carbocycles. The summed E-state index contributed by atoms with van der Waals surface area (Å²) < 4.78 is 18.6. The minimum atomic E-state index is -0.282. The standard InChI is InChI=1S/C16H20FN5O/c1-3-12-7-20-16(21-8-12)23-10-13(18)9-22(19)14-4-5-15(17)11(2)6-14/h4-9H,3,10,18-19H2,1-2H3/b13-9-. The van der Waals surface area contributed by atoms with Crippen LogP contribution in [0, 0.1) is 12.7 Å². The molecule has 0 spiro atoms. The predicted molar refractivity (Wildman–Crippen MR) is 87.0 cm³/mol. The first kappa shape index (κ1) is 16.7. The Kier molecular flexibility index (Phi) is 5.48. The minimum absolute atomic E-state index is 0.0966. The second-order valence-electron chi connectivity index (χ2n) is 5.06. The summed E-state index contributed by atoms with van der Waals surface area (Å²) in [6.07, 6.45) is 5.78. The highest BCUT2D eigenvalue weighted by molar-refractivity contribution is 5.50. The van der Waals surface area contributed by atoms with E-state index in [-0.39, 0.29) is 18.4 Å². The van der Waals surface area contributed by atoms with Crippen molar-refractivity contribution in [2.24, 2.45) is 11.6 Å². The van der Waals surface area contributed by atoms with Crippen LogP contribution in [0.1, 0.15) is 18.1 Å². The normalized spacial score (nSPS) is 11.4. The van der Waals surface area contributed by atoms with Crippen molar-refractivity contribution in [1.29, 1.82) is 0 Å². The molecule has 6 nitrogen and oxygen atoms in total. The molecule has 0 fully saturated rings. The molecule has 23 heavy (non-hydrogen) atoms. The third-order valence-corrected chi connectivity index (χ3v) is 3.20. The Morgan fingerprint density at radius 1 is 1.35 bits per heavy atom. The van der Waals surface area contributed by atoms with Crippen molar-refractivity contribution in [1.82, 2.24) is 9.97 Å². The molecular weight excluding hydrogens is 297 g/mol. The molecule has 1 heterocycles. The molecule has 1 aromatic heterocycles. The number of nitrogens with zero attached hydrogens (tertiary/aromatic N) is 3. The Balaban J connectivity index is 1.96. The number of rotatable bonds is 6. The van der Waals surface area contributed by atoms with Gasteiger partial charge in [-0.25, -0.2) is 20.2 Å². The summed E-state index contributed by atoms with van der Waals surface area (Å²) in [5, 5.41) is 1.31. The number of hydrazine groups is 1. The fourth-order valence-electron chi connectivity index (χ4n) is 1.83. The smallest absolute Gasteiger partial charge is 0.316 e. The van der Waals surface area contributed by atoms with Gasteiger partial charge in [0.2, 0.25) is 0 Å². The van der Waals surface area contributed by atoms with Crippen molar-refractivity contribution in [3.63, 3.8) is 0 Å². The maximum absolute atomic E-state index is 13.3. The topological polar surface area (TPSA) is 90.3 Å². The number of halogens is 1. The Bertz CT molecular complexity index is 687. The van der Waals surface area contributed by atoms with Gasteiger partial charge in [-0.1, -0.05) is 6.92 Å². The quantitative estimate of drug-likeness (QED) is 0.626. The molecule has 2 rings (SSSR count). The van der Waals surface area contributed by atoms with E-state index in [1.807, 2.05) is 6.92 Å². The number of ether oxygens (including phenoxy) is 1. The number of hydrogen-bond acceptors (Lipinski definition) is 6. The Hall–Kier alpha value is -2.67. The van der Waals surface area contributed by atoms with Gasteiger partial charge < -0.3 is 10.5 Å². The van der Waals surface area contributed by atoms with E-state index in [2.05, 4.69) is 9.97 Å². The fourth-order valence-corrected chi connectivity index (χ4v) is 1.83. The molecule has 0 atom stereocenters. The van der Waals surface area contributed by atoms with E-state index < -0.39 is 0 Å². The molecular formula is C16H20FN5O. The van der Waals surface area contributed by atoms with Crippen molar-refractivity contribution >= 4 is 5.69 Å². The molecule has 2 aromatic rings. The highest BCUT2D eigenvalue weighted by Gasteiger charge is 2.04. The van der Waals surface area contributed by atoms with Gasteiger partial charge in [0.05, 0.1) is 11.4 Å². The number of hydrogen-bond donors (Lipinski definition) is 2. The SMILES string of the molecule is CCc1cnc(OC/C(N)=C/N(N)c2ccc(F)c(C)c2)nc1. The van der Waals surface area contributed by atoms with Gasteiger partial charge in [-0.3, -0.25) is 5.01 Å². The maximum Gasteiger partial charge on any atom is 0.316 e. The number of aryl methyl sites for hydroxylation is 2. The van der Waals surface area contributed by atoms with Gasteiger partial charge in [0.15, 0.2) is 0 Å². The van der Waals surface area contributed by atoms with E-state index in [0.29, 0.717) is 16.9 Å². The fraction of sp³-hybridized carbons (Fsp3) is 0.250. The third kappa shape index (κ3) is 4.65. The first-order valence-corrected chi connectivity index (χ1v) is 7.19. The Labute approximate surface area is 134 Å². The summed E-state index contributed by atoms with van der Waals surface area (Å²) >= 11 is 0. The molecule has 4 N–H and O–H groups in total. The van der Waals surface area contributed by atoms with Gasteiger partial charge in [-0.05, 0) is 42.7 Å². The van der Waals surface area contributed by atoms with Crippen LogP contribution in [0.15, 0.2) is 42.5 Å². The van der Waals surface area contributed by atoms with Crippen LogP contribution in [0.25, 0.3) is 0 Å². The van der Waals surface area contributed by atoms with Crippen molar-refractivity contribution in [2.75, 3.05) is 11.6 Å². The second kappa shape index (κ2) is 7.55. The minimum Gasteiger partial charge on any atom is -0.457 e. The van der Waals surface area contributed by atoms with Crippen LogP contribution in [0.2, 0.25) is 0 Å². The average molecular weight is 317 g/mol. The average Bonchev–Trinajstić information content (AvgIpc) is 2.55. The lowest BCUT2D eigenvalue weighted by Gasteiger charge is -2.16. The lowest BCUT2D eigenvalue weighted by molar-refractivity contribution is 0.321. The van der Waals surface area contributed by atoms with Gasteiger partial charge in [0.25, 0.3) is 0 Å². The second-order valence-corrected chi connectivity index (χ2v) is 5.06. The van der Waals surface area contributed by atoms with Crippen LogP contribution >= 0.6 is 0 Å². The Morgan fingerprint density at radius 3 is 2.65 bits per heavy atom. The monoisotopic (exact) mass is 317 g/mol. The maximum atomic E-state index is 13.3. The molecule has 0 unspecified atom stereocenters. The summed E-state index contributed by atoms with van der Waals surface area (Å²) in [6.45, 7) is 3.78. The molecule has 122 valence electrons.